The fraction of sp³-hybridized carbons (Fsp3) is 0.923. The number of nitrogens with zero attached hydrogens (tertiary/aromatic N) is 1. The van der Waals surface area contributed by atoms with Crippen molar-refractivity contribution in [3.05, 3.63) is 0 Å². The van der Waals surface area contributed by atoms with Crippen LogP contribution >= 0.6 is 0 Å². The van der Waals surface area contributed by atoms with E-state index in [1.165, 1.54) is 0 Å². The van der Waals surface area contributed by atoms with Crippen LogP contribution in [0.2, 0.25) is 0 Å². The number of likely N-dealkylation sites (tertiary alicyclic amines) is 1. The Balaban J connectivity index is 2.41. The Bertz CT molecular complexity index is 246. The number of carbonyl (C=O) groups is 1. The highest BCUT2D eigenvalue weighted by atomic mass is 16.4. The lowest BCUT2D eigenvalue weighted by atomic mass is 9.98. The predicted molar refractivity (Wildman–Crippen MR) is 69.1 cm³/mol. The highest BCUT2D eigenvalue weighted by Gasteiger charge is 2.27. The zero-order valence-electron chi connectivity index (χ0n) is 11.4. The Hall–Kier alpha value is -0.610. The normalized spacial score (nSPS) is 21.1. The van der Waals surface area contributed by atoms with E-state index in [0.717, 1.165) is 25.9 Å². The number of nitrogens with one attached hydrogen (secondary N) is 1. The second-order valence-electron chi connectivity index (χ2n) is 5.63. The smallest absolute Gasteiger partial charge is 0.320 e. The van der Waals surface area contributed by atoms with Crippen LogP contribution in [0.3, 0.4) is 0 Å². The molecule has 0 saturated carbocycles. The summed E-state index contributed by atoms with van der Waals surface area (Å²) in [4.78, 5) is 13.6. The zero-order valence-corrected chi connectivity index (χ0v) is 11.4. The average Bonchev–Trinajstić information content (AvgIpc) is 2.25. The summed E-state index contributed by atoms with van der Waals surface area (Å²) in [6.07, 6.45) is 2.10. The second kappa shape index (κ2) is 6.36. The van der Waals surface area contributed by atoms with E-state index < -0.39 is 12.0 Å². The van der Waals surface area contributed by atoms with Gasteiger partial charge in [-0.05, 0) is 45.7 Å². The monoisotopic (exact) mass is 242 g/mol. The predicted octanol–water partition coefficient (Wildman–Crippen LogP) is 1.56. The quantitative estimate of drug-likeness (QED) is 0.768. The highest BCUT2D eigenvalue weighted by Crippen LogP contribution is 2.15. The fourth-order valence-corrected chi connectivity index (χ4v) is 2.39. The van der Waals surface area contributed by atoms with Crippen LogP contribution in [0.5, 0.6) is 0 Å². The van der Waals surface area contributed by atoms with E-state index in [9.17, 15) is 4.79 Å². The third kappa shape index (κ3) is 4.28. The average molecular weight is 242 g/mol. The van der Waals surface area contributed by atoms with Crippen LogP contribution in [-0.2, 0) is 4.79 Å². The van der Waals surface area contributed by atoms with Crippen molar-refractivity contribution in [2.45, 2.75) is 58.7 Å². The molecule has 1 aliphatic heterocycles. The SMILES string of the molecule is CC(C)C(NC1CCN(C(C)C)CC1)C(=O)O. The summed E-state index contributed by atoms with van der Waals surface area (Å²) < 4.78 is 0. The van der Waals surface area contributed by atoms with Gasteiger partial charge in [0.25, 0.3) is 0 Å². The van der Waals surface area contributed by atoms with Crippen molar-refractivity contribution in [3.8, 4) is 0 Å². The lowest BCUT2D eigenvalue weighted by molar-refractivity contribution is -0.141. The van der Waals surface area contributed by atoms with Crippen LogP contribution in [0.1, 0.15) is 40.5 Å². The van der Waals surface area contributed by atoms with E-state index in [0.29, 0.717) is 12.1 Å². The Morgan fingerprint density at radius 1 is 1.24 bits per heavy atom. The minimum atomic E-state index is -0.730. The molecule has 2 N–H and O–H groups in total. The summed E-state index contributed by atoms with van der Waals surface area (Å²) in [6.45, 7) is 10.5. The summed E-state index contributed by atoms with van der Waals surface area (Å²) in [7, 11) is 0. The number of carboxylic acid groups (broad SMARTS) is 1. The summed E-state index contributed by atoms with van der Waals surface area (Å²) in [5.74, 6) is -0.595. The molecular formula is C13H26N2O2. The summed E-state index contributed by atoms with van der Waals surface area (Å²) in [6, 6.07) is 0.537. The van der Waals surface area contributed by atoms with Gasteiger partial charge < -0.3 is 15.3 Å². The molecule has 1 saturated heterocycles. The van der Waals surface area contributed by atoms with Crippen LogP contribution in [0.4, 0.5) is 0 Å². The molecule has 0 radical (unpaired) electrons. The first-order valence-corrected chi connectivity index (χ1v) is 6.64. The maximum atomic E-state index is 11.1. The standard InChI is InChI=1S/C13H26N2O2/c1-9(2)12(13(16)17)14-11-5-7-15(8-6-11)10(3)4/h9-12,14H,5-8H2,1-4H3,(H,16,17). The summed E-state index contributed by atoms with van der Waals surface area (Å²) >= 11 is 0. The molecule has 0 amide bonds. The van der Waals surface area contributed by atoms with Gasteiger partial charge in [0.1, 0.15) is 6.04 Å². The maximum Gasteiger partial charge on any atom is 0.320 e. The molecule has 0 bridgehead atoms. The lowest BCUT2D eigenvalue weighted by Crippen LogP contribution is -2.51. The van der Waals surface area contributed by atoms with Gasteiger partial charge in [-0.2, -0.15) is 0 Å². The van der Waals surface area contributed by atoms with Crippen molar-refractivity contribution in [1.82, 2.24) is 10.2 Å². The van der Waals surface area contributed by atoms with E-state index in [4.69, 9.17) is 5.11 Å². The van der Waals surface area contributed by atoms with Crippen LogP contribution in [-0.4, -0.2) is 47.2 Å². The molecule has 4 heteroatoms. The first-order chi connectivity index (χ1) is 7.91. The van der Waals surface area contributed by atoms with E-state index in [1.807, 2.05) is 13.8 Å². The molecule has 0 aromatic heterocycles. The molecule has 1 atom stereocenters. The van der Waals surface area contributed by atoms with Crippen molar-refractivity contribution >= 4 is 5.97 Å². The van der Waals surface area contributed by atoms with Gasteiger partial charge in [0, 0.05) is 12.1 Å². The third-order valence-corrected chi connectivity index (χ3v) is 3.61. The van der Waals surface area contributed by atoms with Gasteiger partial charge in [0.15, 0.2) is 0 Å². The molecule has 0 aromatic carbocycles. The second-order valence-corrected chi connectivity index (χ2v) is 5.63. The zero-order chi connectivity index (χ0) is 13.0. The van der Waals surface area contributed by atoms with Crippen molar-refractivity contribution < 1.29 is 9.90 Å². The largest absolute Gasteiger partial charge is 0.480 e. The molecular weight excluding hydrogens is 216 g/mol. The molecule has 1 aliphatic rings. The molecule has 1 unspecified atom stereocenters. The number of aliphatic carboxylic acids is 1. The van der Waals surface area contributed by atoms with Crippen molar-refractivity contribution in [2.24, 2.45) is 5.92 Å². The maximum absolute atomic E-state index is 11.1. The lowest BCUT2D eigenvalue weighted by Gasteiger charge is -2.36. The number of hydrogen-bond donors (Lipinski definition) is 2. The van der Waals surface area contributed by atoms with E-state index in [2.05, 4.69) is 24.1 Å². The number of hydrogen-bond acceptors (Lipinski definition) is 3. The van der Waals surface area contributed by atoms with Crippen LogP contribution in [0.15, 0.2) is 0 Å². The molecule has 0 aromatic rings. The number of rotatable bonds is 5. The van der Waals surface area contributed by atoms with E-state index in [-0.39, 0.29) is 5.92 Å². The van der Waals surface area contributed by atoms with E-state index >= 15 is 0 Å². The summed E-state index contributed by atoms with van der Waals surface area (Å²) in [5.41, 5.74) is 0. The van der Waals surface area contributed by atoms with Gasteiger partial charge in [0.2, 0.25) is 0 Å². The van der Waals surface area contributed by atoms with Gasteiger partial charge in [0.05, 0.1) is 0 Å². The van der Waals surface area contributed by atoms with Gasteiger partial charge in [-0.25, -0.2) is 0 Å². The fourth-order valence-electron chi connectivity index (χ4n) is 2.39. The number of carboxylic acids is 1. The molecule has 17 heavy (non-hydrogen) atoms. The first kappa shape index (κ1) is 14.5. The van der Waals surface area contributed by atoms with Gasteiger partial charge >= 0.3 is 5.97 Å². The van der Waals surface area contributed by atoms with Gasteiger partial charge in [-0.1, -0.05) is 13.8 Å². The Labute approximate surface area is 104 Å². The molecule has 4 nitrogen and oxygen atoms in total. The molecule has 1 fully saturated rings. The van der Waals surface area contributed by atoms with Crippen LogP contribution < -0.4 is 5.32 Å². The Morgan fingerprint density at radius 3 is 2.12 bits per heavy atom. The molecule has 0 spiro atoms. The van der Waals surface area contributed by atoms with Crippen molar-refractivity contribution in [2.75, 3.05) is 13.1 Å². The van der Waals surface area contributed by atoms with Gasteiger partial charge in [-0.3, -0.25) is 4.79 Å². The van der Waals surface area contributed by atoms with Crippen molar-refractivity contribution in [1.29, 1.82) is 0 Å². The first-order valence-electron chi connectivity index (χ1n) is 6.64. The molecule has 100 valence electrons. The number of piperidine rings is 1. The molecule has 1 heterocycles. The Morgan fingerprint density at radius 2 is 1.76 bits per heavy atom. The third-order valence-electron chi connectivity index (χ3n) is 3.61. The van der Waals surface area contributed by atoms with E-state index in [1.54, 1.807) is 0 Å². The highest BCUT2D eigenvalue weighted by molar-refractivity contribution is 5.73. The molecule has 0 aliphatic carbocycles. The minimum absolute atomic E-state index is 0.135. The summed E-state index contributed by atoms with van der Waals surface area (Å²) in [5, 5.41) is 12.4. The van der Waals surface area contributed by atoms with Crippen molar-refractivity contribution in [3.63, 3.8) is 0 Å². The molecule has 1 rings (SSSR count). The van der Waals surface area contributed by atoms with Gasteiger partial charge in [-0.15, -0.1) is 0 Å². The Kier molecular flexibility index (Phi) is 5.40. The minimum Gasteiger partial charge on any atom is -0.480 e. The topological polar surface area (TPSA) is 52.6 Å². The van der Waals surface area contributed by atoms with Crippen LogP contribution in [0, 0.1) is 5.92 Å². The van der Waals surface area contributed by atoms with Crippen LogP contribution in [0.25, 0.3) is 0 Å².